The molecule has 2 rings (SSSR count). The molecule has 0 aromatic carbocycles. The van der Waals surface area contributed by atoms with Crippen molar-refractivity contribution in [2.45, 2.75) is 6.92 Å². The van der Waals surface area contributed by atoms with Gasteiger partial charge in [-0.1, -0.05) is 0 Å². The molecule has 2 heterocycles. The molecule has 0 atom stereocenters. The molecule has 0 saturated carbocycles. The second kappa shape index (κ2) is 3.83. The molecule has 2 aromatic heterocycles. The van der Waals surface area contributed by atoms with Crippen LogP contribution in [-0.4, -0.2) is 14.5 Å². The van der Waals surface area contributed by atoms with Gasteiger partial charge < -0.3 is 0 Å². The zero-order valence-corrected chi connectivity index (χ0v) is 9.56. The number of imidazole rings is 1. The molecular weight excluding hydrogens is 256 g/mol. The maximum atomic E-state index is 8.82. The highest BCUT2D eigenvalue weighted by molar-refractivity contribution is 9.10. The smallest absolute Gasteiger partial charge is 0.218 e. The predicted octanol–water partition coefficient (Wildman–Crippen LogP) is 2.21. The normalized spacial score (nSPS) is 9.93. The van der Waals surface area contributed by atoms with Crippen molar-refractivity contribution in [1.29, 1.82) is 5.26 Å². The molecule has 4 nitrogen and oxygen atoms in total. The van der Waals surface area contributed by atoms with Gasteiger partial charge >= 0.3 is 0 Å². The Hall–Kier alpha value is -1.67. The van der Waals surface area contributed by atoms with Gasteiger partial charge in [0.05, 0.1) is 0 Å². The minimum absolute atomic E-state index is 0.337. The average Bonchev–Trinajstić information content (AvgIpc) is 2.70. The van der Waals surface area contributed by atoms with Crippen LogP contribution in [0.3, 0.4) is 0 Å². The van der Waals surface area contributed by atoms with Crippen LogP contribution in [0.4, 0.5) is 0 Å². The highest BCUT2D eigenvalue weighted by atomic mass is 79.9. The van der Waals surface area contributed by atoms with Crippen LogP contribution in [0.25, 0.3) is 5.82 Å². The van der Waals surface area contributed by atoms with E-state index in [0.717, 1.165) is 10.0 Å². The van der Waals surface area contributed by atoms with Crippen molar-refractivity contribution in [3.05, 3.63) is 40.5 Å². The van der Waals surface area contributed by atoms with Crippen molar-refractivity contribution in [2.24, 2.45) is 0 Å². The number of nitriles is 1. The third kappa shape index (κ3) is 1.76. The summed E-state index contributed by atoms with van der Waals surface area (Å²) in [5, 5.41) is 8.82. The van der Waals surface area contributed by atoms with Crippen molar-refractivity contribution in [3.8, 4) is 11.9 Å². The van der Waals surface area contributed by atoms with Crippen LogP contribution in [0.2, 0.25) is 0 Å². The molecule has 0 saturated heterocycles. The Kier molecular flexibility index (Phi) is 2.52. The second-order valence-corrected chi connectivity index (χ2v) is 3.88. The van der Waals surface area contributed by atoms with E-state index < -0.39 is 0 Å². The van der Waals surface area contributed by atoms with Gasteiger partial charge in [0.15, 0.2) is 0 Å². The molecular formula is C10H7BrN4. The molecule has 2 aromatic rings. The van der Waals surface area contributed by atoms with E-state index in [1.54, 1.807) is 23.2 Å². The van der Waals surface area contributed by atoms with E-state index in [1.807, 2.05) is 19.1 Å². The molecule has 0 unspecified atom stereocenters. The molecule has 0 fully saturated rings. The van der Waals surface area contributed by atoms with Crippen LogP contribution in [0.15, 0.2) is 29.1 Å². The average molecular weight is 263 g/mol. The fraction of sp³-hybridized carbons (Fsp3) is 0.100. The highest BCUT2D eigenvalue weighted by Gasteiger charge is 2.05. The van der Waals surface area contributed by atoms with E-state index in [0.29, 0.717) is 11.6 Å². The molecule has 15 heavy (non-hydrogen) atoms. The molecule has 0 aliphatic rings. The largest absolute Gasteiger partial charge is 0.275 e. The Bertz CT molecular complexity index is 539. The number of rotatable bonds is 1. The van der Waals surface area contributed by atoms with Crippen molar-refractivity contribution in [1.82, 2.24) is 14.5 Å². The molecule has 0 N–H and O–H groups in total. The van der Waals surface area contributed by atoms with Gasteiger partial charge in [0, 0.05) is 23.1 Å². The minimum atomic E-state index is 0.337. The van der Waals surface area contributed by atoms with Crippen LogP contribution in [0.5, 0.6) is 0 Å². The van der Waals surface area contributed by atoms with Crippen molar-refractivity contribution in [2.75, 3.05) is 0 Å². The standard InChI is InChI=1S/C10H7BrN4/c1-7-4-9(14-6-8(7)11)15-3-2-13-10(15)5-12/h2-4,6H,1H3. The minimum Gasteiger partial charge on any atom is -0.275 e. The number of aryl methyl sites for hydroxylation is 1. The number of halogens is 1. The Labute approximate surface area is 95.3 Å². The summed E-state index contributed by atoms with van der Waals surface area (Å²) in [5.41, 5.74) is 1.07. The Morgan fingerprint density at radius 2 is 2.27 bits per heavy atom. The molecule has 0 bridgehead atoms. The summed E-state index contributed by atoms with van der Waals surface area (Å²) < 4.78 is 2.60. The maximum Gasteiger partial charge on any atom is 0.218 e. The lowest BCUT2D eigenvalue weighted by molar-refractivity contribution is 0.961. The van der Waals surface area contributed by atoms with Crippen LogP contribution < -0.4 is 0 Å². The van der Waals surface area contributed by atoms with E-state index in [4.69, 9.17) is 5.26 Å². The summed E-state index contributed by atoms with van der Waals surface area (Å²) >= 11 is 3.38. The van der Waals surface area contributed by atoms with Crippen molar-refractivity contribution in [3.63, 3.8) is 0 Å². The molecule has 5 heteroatoms. The lowest BCUT2D eigenvalue weighted by Gasteiger charge is -2.04. The number of nitrogens with zero attached hydrogens (tertiary/aromatic N) is 4. The van der Waals surface area contributed by atoms with E-state index in [1.165, 1.54) is 0 Å². The first-order valence-corrected chi connectivity index (χ1v) is 5.07. The van der Waals surface area contributed by atoms with Crippen LogP contribution in [0, 0.1) is 18.3 Å². The summed E-state index contributed by atoms with van der Waals surface area (Å²) in [7, 11) is 0. The van der Waals surface area contributed by atoms with E-state index >= 15 is 0 Å². The molecule has 74 valence electrons. The maximum absolute atomic E-state index is 8.82. The molecule has 0 aliphatic heterocycles. The molecule has 0 radical (unpaired) electrons. The third-order valence-electron chi connectivity index (χ3n) is 2.02. The van der Waals surface area contributed by atoms with Crippen LogP contribution in [-0.2, 0) is 0 Å². The summed E-state index contributed by atoms with van der Waals surface area (Å²) in [6, 6.07) is 3.90. The fourth-order valence-electron chi connectivity index (χ4n) is 1.23. The summed E-state index contributed by atoms with van der Waals surface area (Å²) in [6.45, 7) is 1.97. The van der Waals surface area contributed by atoms with Gasteiger partial charge in [-0.3, -0.25) is 4.57 Å². The number of hydrogen-bond donors (Lipinski definition) is 0. The second-order valence-electron chi connectivity index (χ2n) is 3.02. The highest BCUT2D eigenvalue weighted by Crippen LogP contribution is 2.17. The Morgan fingerprint density at radius 3 is 2.93 bits per heavy atom. The van der Waals surface area contributed by atoms with Crippen molar-refractivity contribution >= 4 is 15.9 Å². The van der Waals surface area contributed by atoms with Gasteiger partial charge in [0.1, 0.15) is 11.9 Å². The first-order chi connectivity index (χ1) is 7.22. The summed E-state index contributed by atoms with van der Waals surface area (Å²) in [5.74, 6) is 1.04. The van der Waals surface area contributed by atoms with Crippen molar-refractivity contribution < 1.29 is 0 Å². The Balaban J connectivity index is 2.56. The third-order valence-corrected chi connectivity index (χ3v) is 2.85. The van der Waals surface area contributed by atoms with Gasteiger partial charge in [0.2, 0.25) is 5.82 Å². The van der Waals surface area contributed by atoms with Gasteiger partial charge in [-0.25, -0.2) is 9.97 Å². The summed E-state index contributed by atoms with van der Waals surface area (Å²) in [4.78, 5) is 8.13. The predicted molar refractivity (Wildman–Crippen MR) is 58.5 cm³/mol. The fourth-order valence-corrected chi connectivity index (χ4v) is 1.44. The first kappa shape index (κ1) is 9.87. The zero-order valence-electron chi connectivity index (χ0n) is 7.98. The SMILES string of the molecule is Cc1cc(-n2ccnc2C#N)ncc1Br. The van der Waals surface area contributed by atoms with E-state index in [9.17, 15) is 0 Å². The van der Waals surface area contributed by atoms with E-state index in [2.05, 4.69) is 25.9 Å². The first-order valence-electron chi connectivity index (χ1n) is 4.28. The van der Waals surface area contributed by atoms with Gasteiger partial charge in [-0.05, 0) is 34.5 Å². The Morgan fingerprint density at radius 1 is 1.47 bits per heavy atom. The number of hydrogen-bond acceptors (Lipinski definition) is 3. The lowest BCUT2D eigenvalue weighted by Crippen LogP contribution is -1.99. The summed E-state index contributed by atoms with van der Waals surface area (Å²) in [6.07, 6.45) is 5.01. The van der Waals surface area contributed by atoms with E-state index in [-0.39, 0.29) is 0 Å². The van der Waals surface area contributed by atoms with Crippen LogP contribution in [0.1, 0.15) is 11.4 Å². The topological polar surface area (TPSA) is 54.5 Å². The number of aromatic nitrogens is 3. The number of pyridine rings is 1. The quantitative estimate of drug-likeness (QED) is 0.792. The monoisotopic (exact) mass is 262 g/mol. The van der Waals surface area contributed by atoms with Gasteiger partial charge in [-0.2, -0.15) is 5.26 Å². The lowest BCUT2D eigenvalue weighted by atomic mass is 10.3. The van der Waals surface area contributed by atoms with Gasteiger partial charge in [-0.15, -0.1) is 0 Å². The van der Waals surface area contributed by atoms with Crippen LogP contribution >= 0.6 is 15.9 Å². The molecule has 0 aliphatic carbocycles. The molecule has 0 spiro atoms. The van der Waals surface area contributed by atoms with Gasteiger partial charge in [0.25, 0.3) is 0 Å². The molecule has 0 amide bonds. The zero-order chi connectivity index (χ0) is 10.8.